The summed E-state index contributed by atoms with van der Waals surface area (Å²) in [5.74, 6) is -2.84. The van der Waals surface area contributed by atoms with Crippen LogP contribution in [-0.2, 0) is 9.74 Å². The van der Waals surface area contributed by atoms with Crippen LogP contribution in [-0.4, -0.2) is 5.97 Å². The van der Waals surface area contributed by atoms with Gasteiger partial charge in [-0.05, 0) is 19.4 Å². The van der Waals surface area contributed by atoms with Crippen molar-refractivity contribution in [2.45, 2.75) is 13.3 Å². The molecule has 0 amide bonds. The zero-order valence-corrected chi connectivity index (χ0v) is 7.22. The second-order valence-electron chi connectivity index (χ2n) is 2.37. The first-order chi connectivity index (χ1) is 6.11. The molecule has 0 atom stereocenters. The first-order valence-electron chi connectivity index (χ1n) is 3.58. The second-order valence-corrected chi connectivity index (χ2v) is 2.37. The number of hydrogen-bond donors (Lipinski definition) is 0. The monoisotopic (exact) mass is 188 g/mol. The molecular formula is C9H10F2O2. The van der Waals surface area contributed by atoms with Gasteiger partial charge in [0, 0.05) is 4.53 Å². The fourth-order valence-electron chi connectivity index (χ4n) is 0.640. The standard InChI is InChI=1S/C9H10F2O2/c1-3-4-7(2)5-6-8(10)9(12)13-11/h3-4,6H,1,5H2,2H3/b7-4+,8-6-. The van der Waals surface area contributed by atoms with Gasteiger partial charge in [-0.25, -0.2) is 9.74 Å². The Morgan fingerprint density at radius 2 is 2.23 bits per heavy atom. The maximum atomic E-state index is 12.5. The predicted molar refractivity (Wildman–Crippen MR) is 45.0 cm³/mol. The van der Waals surface area contributed by atoms with E-state index >= 15 is 0 Å². The van der Waals surface area contributed by atoms with Crippen molar-refractivity contribution in [2.75, 3.05) is 0 Å². The van der Waals surface area contributed by atoms with Crippen LogP contribution < -0.4 is 0 Å². The number of rotatable bonds is 4. The minimum atomic E-state index is -1.61. The van der Waals surface area contributed by atoms with Crippen molar-refractivity contribution in [3.05, 3.63) is 36.2 Å². The number of carbonyl (C=O) groups is 1. The molecule has 72 valence electrons. The molecule has 0 aliphatic carbocycles. The van der Waals surface area contributed by atoms with Crippen molar-refractivity contribution >= 4 is 5.97 Å². The molecule has 0 aliphatic heterocycles. The van der Waals surface area contributed by atoms with Gasteiger partial charge < -0.3 is 0 Å². The molecule has 0 radical (unpaired) electrons. The topological polar surface area (TPSA) is 26.3 Å². The lowest BCUT2D eigenvalue weighted by Gasteiger charge is -1.93. The fraction of sp³-hybridized carbons (Fsp3) is 0.222. The molecule has 0 N–H and O–H groups in total. The van der Waals surface area contributed by atoms with Gasteiger partial charge in [0.15, 0.2) is 0 Å². The number of allylic oxidation sites excluding steroid dienone is 4. The molecule has 0 bridgehead atoms. The highest BCUT2D eigenvalue weighted by atomic mass is 19.3. The third kappa shape index (κ3) is 4.90. The van der Waals surface area contributed by atoms with Gasteiger partial charge in [0.2, 0.25) is 5.83 Å². The Balaban J connectivity index is 4.19. The van der Waals surface area contributed by atoms with Crippen molar-refractivity contribution in [1.29, 1.82) is 0 Å². The van der Waals surface area contributed by atoms with Gasteiger partial charge >= 0.3 is 5.97 Å². The predicted octanol–water partition coefficient (Wildman–Crippen LogP) is 2.79. The summed E-state index contributed by atoms with van der Waals surface area (Å²) in [6.45, 7) is 5.16. The number of halogens is 2. The van der Waals surface area contributed by atoms with E-state index in [4.69, 9.17) is 0 Å². The van der Waals surface area contributed by atoms with Crippen molar-refractivity contribution in [3.63, 3.8) is 0 Å². The zero-order valence-electron chi connectivity index (χ0n) is 7.22. The van der Waals surface area contributed by atoms with E-state index in [1.54, 1.807) is 13.0 Å². The number of hydrogen-bond acceptors (Lipinski definition) is 2. The van der Waals surface area contributed by atoms with Crippen molar-refractivity contribution in [2.24, 2.45) is 0 Å². The van der Waals surface area contributed by atoms with Gasteiger partial charge in [-0.1, -0.05) is 24.3 Å². The quantitative estimate of drug-likeness (QED) is 0.501. The lowest BCUT2D eigenvalue weighted by Crippen LogP contribution is -1.97. The minimum Gasteiger partial charge on any atom is -0.247 e. The lowest BCUT2D eigenvalue weighted by molar-refractivity contribution is -0.180. The van der Waals surface area contributed by atoms with Crippen LogP contribution in [0.3, 0.4) is 0 Å². The molecule has 0 saturated heterocycles. The van der Waals surface area contributed by atoms with Crippen molar-refractivity contribution in [1.82, 2.24) is 0 Å². The van der Waals surface area contributed by atoms with Crippen LogP contribution in [0.25, 0.3) is 0 Å². The van der Waals surface area contributed by atoms with Crippen LogP contribution in [0, 0.1) is 0 Å². The maximum Gasteiger partial charge on any atom is 0.407 e. The SMILES string of the molecule is C=C/C=C(\C)C/C=C(\F)C(=O)OF. The van der Waals surface area contributed by atoms with Gasteiger partial charge in [0.1, 0.15) is 0 Å². The van der Waals surface area contributed by atoms with Crippen molar-refractivity contribution < 1.29 is 18.7 Å². The Kier molecular flexibility index (Phi) is 5.43. The van der Waals surface area contributed by atoms with E-state index in [0.29, 0.717) is 0 Å². The van der Waals surface area contributed by atoms with E-state index in [-0.39, 0.29) is 6.42 Å². The third-order valence-electron chi connectivity index (χ3n) is 1.27. The van der Waals surface area contributed by atoms with Gasteiger partial charge in [-0.3, -0.25) is 0 Å². The first kappa shape index (κ1) is 11.6. The highest BCUT2D eigenvalue weighted by Crippen LogP contribution is 2.07. The Morgan fingerprint density at radius 3 is 2.69 bits per heavy atom. The summed E-state index contributed by atoms with van der Waals surface area (Å²) >= 11 is 0. The Morgan fingerprint density at radius 1 is 1.62 bits per heavy atom. The maximum absolute atomic E-state index is 12.5. The van der Waals surface area contributed by atoms with Crippen LogP contribution >= 0.6 is 0 Å². The zero-order chi connectivity index (χ0) is 10.3. The fourth-order valence-corrected chi connectivity index (χ4v) is 0.640. The van der Waals surface area contributed by atoms with Crippen LogP contribution in [0.15, 0.2) is 36.2 Å². The van der Waals surface area contributed by atoms with E-state index in [2.05, 4.69) is 11.5 Å². The highest BCUT2D eigenvalue weighted by molar-refractivity contribution is 5.85. The van der Waals surface area contributed by atoms with Gasteiger partial charge in [0.25, 0.3) is 0 Å². The van der Waals surface area contributed by atoms with Crippen LogP contribution in [0.5, 0.6) is 0 Å². The molecule has 0 aromatic rings. The van der Waals surface area contributed by atoms with Crippen molar-refractivity contribution in [3.8, 4) is 0 Å². The normalized spacial score (nSPS) is 12.5. The first-order valence-corrected chi connectivity index (χ1v) is 3.58. The molecule has 0 fully saturated rings. The molecule has 0 heterocycles. The molecule has 13 heavy (non-hydrogen) atoms. The highest BCUT2D eigenvalue weighted by Gasteiger charge is 2.09. The summed E-state index contributed by atoms with van der Waals surface area (Å²) in [5.41, 5.74) is 0.803. The summed E-state index contributed by atoms with van der Waals surface area (Å²) in [7, 11) is 0. The summed E-state index contributed by atoms with van der Waals surface area (Å²) in [6.07, 6.45) is 4.35. The summed E-state index contributed by atoms with van der Waals surface area (Å²) in [5, 5.41) is 0. The van der Waals surface area contributed by atoms with Gasteiger partial charge in [0.05, 0.1) is 0 Å². The molecular weight excluding hydrogens is 178 g/mol. The Hall–Kier alpha value is -1.45. The van der Waals surface area contributed by atoms with E-state index in [1.165, 1.54) is 6.08 Å². The molecule has 0 unspecified atom stereocenters. The second kappa shape index (κ2) is 6.11. The summed E-state index contributed by atoms with van der Waals surface area (Å²) < 4.78 is 23.6. The molecule has 0 aromatic heterocycles. The molecule has 0 spiro atoms. The summed E-state index contributed by atoms with van der Waals surface area (Å²) in [4.78, 5) is 12.9. The number of carbonyl (C=O) groups excluding carboxylic acids is 1. The molecule has 0 saturated carbocycles. The lowest BCUT2D eigenvalue weighted by atomic mass is 10.2. The molecule has 4 heteroatoms. The molecule has 0 aliphatic rings. The van der Waals surface area contributed by atoms with E-state index in [0.717, 1.165) is 11.6 Å². The van der Waals surface area contributed by atoms with Gasteiger partial charge in [-0.2, -0.15) is 4.39 Å². The molecule has 0 rings (SSSR count). The molecule has 2 nitrogen and oxygen atoms in total. The smallest absolute Gasteiger partial charge is 0.247 e. The largest absolute Gasteiger partial charge is 0.407 e. The Bertz CT molecular complexity index is 254. The van der Waals surface area contributed by atoms with E-state index in [9.17, 15) is 13.7 Å². The third-order valence-corrected chi connectivity index (χ3v) is 1.27. The van der Waals surface area contributed by atoms with Crippen LogP contribution in [0.4, 0.5) is 8.92 Å². The minimum absolute atomic E-state index is 0.215. The summed E-state index contributed by atoms with van der Waals surface area (Å²) in [6, 6.07) is 0. The van der Waals surface area contributed by atoms with E-state index in [1.807, 2.05) is 0 Å². The Labute approximate surface area is 75.1 Å². The van der Waals surface area contributed by atoms with Crippen LogP contribution in [0.2, 0.25) is 0 Å². The average Bonchev–Trinajstić information content (AvgIpc) is 2.13. The average molecular weight is 188 g/mol. The van der Waals surface area contributed by atoms with E-state index < -0.39 is 11.8 Å². The van der Waals surface area contributed by atoms with Crippen LogP contribution in [0.1, 0.15) is 13.3 Å². The molecule has 0 aromatic carbocycles. The van der Waals surface area contributed by atoms with Gasteiger partial charge in [-0.15, -0.1) is 0 Å².